The average Bonchev–Trinajstić information content (AvgIpc) is 2.38. The quantitative estimate of drug-likeness (QED) is 0.797. The Bertz CT molecular complexity index is 477. The Labute approximate surface area is 113 Å². The van der Waals surface area contributed by atoms with E-state index in [1.54, 1.807) is 31.1 Å². The van der Waals surface area contributed by atoms with Crippen molar-refractivity contribution in [3.05, 3.63) is 18.5 Å². The predicted octanol–water partition coefficient (Wildman–Crippen LogP) is 1.54. The Kier molecular flexibility index (Phi) is 5.90. The van der Waals surface area contributed by atoms with Crippen LogP contribution in [0.3, 0.4) is 0 Å². The fourth-order valence-corrected chi connectivity index (χ4v) is 2.95. The second-order valence-corrected chi connectivity index (χ2v) is 6.87. The third-order valence-electron chi connectivity index (χ3n) is 2.59. The van der Waals surface area contributed by atoms with Gasteiger partial charge in [0.05, 0.1) is 5.69 Å². The molecule has 0 saturated heterocycles. The third-order valence-corrected chi connectivity index (χ3v) is 5.12. The van der Waals surface area contributed by atoms with Crippen molar-refractivity contribution in [3.63, 3.8) is 0 Å². The topological polar surface area (TPSA) is 71.1 Å². The van der Waals surface area contributed by atoms with Crippen molar-refractivity contribution in [2.24, 2.45) is 0 Å². The Morgan fingerprint density at radius 2 is 2.22 bits per heavy atom. The molecule has 0 bridgehead atoms. The first-order valence-electron chi connectivity index (χ1n) is 5.65. The van der Waals surface area contributed by atoms with Gasteiger partial charge in [-0.25, -0.2) is 13.1 Å². The van der Waals surface area contributed by atoms with Gasteiger partial charge >= 0.3 is 0 Å². The molecule has 2 N–H and O–H groups in total. The van der Waals surface area contributed by atoms with Crippen LogP contribution in [0.25, 0.3) is 0 Å². The summed E-state index contributed by atoms with van der Waals surface area (Å²) in [5.41, 5.74) is 0.551. The van der Waals surface area contributed by atoms with E-state index in [1.165, 1.54) is 6.20 Å². The number of nitrogens with zero attached hydrogens (tertiary/aromatic N) is 1. The lowest BCUT2D eigenvalue weighted by Gasteiger charge is -2.12. The van der Waals surface area contributed by atoms with Crippen LogP contribution in [0.1, 0.15) is 13.3 Å². The number of rotatable bonds is 7. The van der Waals surface area contributed by atoms with Crippen molar-refractivity contribution in [1.29, 1.82) is 0 Å². The van der Waals surface area contributed by atoms with Crippen LogP contribution in [-0.2, 0) is 10.0 Å². The number of hydrogen-bond acceptors (Lipinski definition) is 5. The van der Waals surface area contributed by atoms with E-state index in [0.717, 1.165) is 6.42 Å². The summed E-state index contributed by atoms with van der Waals surface area (Å²) in [6.07, 6.45) is 5.72. The highest BCUT2D eigenvalue weighted by atomic mass is 32.2. The number of hydrogen-bond donors (Lipinski definition) is 2. The summed E-state index contributed by atoms with van der Waals surface area (Å²) >= 11 is 1.72. The highest BCUT2D eigenvalue weighted by molar-refractivity contribution is 7.99. The van der Waals surface area contributed by atoms with Crippen LogP contribution in [0.2, 0.25) is 0 Å². The van der Waals surface area contributed by atoms with Gasteiger partial charge in [-0.3, -0.25) is 4.98 Å². The Morgan fingerprint density at radius 3 is 2.83 bits per heavy atom. The van der Waals surface area contributed by atoms with E-state index >= 15 is 0 Å². The molecule has 18 heavy (non-hydrogen) atoms. The molecule has 0 amide bonds. The monoisotopic (exact) mass is 289 g/mol. The molecule has 0 saturated carbocycles. The lowest BCUT2D eigenvalue weighted by atomic mass is 10.3. The van der Waals surface area contributed by atoms with Crippen LogP contribution in [0.4, 0.5) is 5.69 Å². The van der Waals surface area contributed by atoms with Crippen LogP contribution >= 0.6 is 11.8 Å². The molecule has 0 radical (unpaired) electrons. The molecule has 1 heterocycles. The first-order valence-corrected chi connectivity index (χ1v) is 8.42. The smallest absolute Gasteiger partial charge is 0.244 e. The van der Waals surface area contributed by atoms with E-state index < -0.39 is 10.0 Å². The lowest BCUT2D eigenvalue weighted by molar-refractivity contribution is 0.579. The van der Waals surface area contributed by atoms with Gasteiger partial charge in [-0.15, -0.1) is 0 Å². The van der Waals surface area contributed by atoms with Gasteiger partial charge in [-0.2, -0.15) is 11.8 Å². The van der Waals surface area contributed by atoms with E-state index in [0.29, 0.717) is 17.5 Å². The third kappa shape index (κ3) is 4.15. The van der Waals surface area contributed by atoms with Crippen molar-refractivity contribution >= 4 is 27.5 Å². The molecule has 1 atom stereocenters. The molecule has 1 rings (SSSR count). The van der Waals surface area contributed by atoms with Crippen molar-refractivity contribution in [2.75, 3.05) is 25.2 Å². The zero-order valence-corrected chi connectivity index (χ0v) is 12.4. The Balaban J connectivity index is 2.74. The maximum absolute atomic E-state index is 12.1. The van der Waals surface area contributed by atoms with E-state index in [-0.39, 0.29) is 4.90 Å². The summed E-state index contributed by atoms with van der Waals surface area (Å²) in [7, 11) is -1.81. The molecule has 0 aromatic carbocycles. The standard InChI is InChI=1S/C11H19N3O2S2/c1-9(17-3)4-7-14-18(15,16)11-8-13-6-5-10(11)12-2/h5-6,8-9,14H,4,7H2,1-3H3,(H,12,13). The Hall–Kier alpha value is -0.790. The molecule has 7 heteroatoms. The van der Waals surface area contributed by atoms with Crippen molar-refractivity contribution in [2.45, 2.75) is 23.5 Å². The van der Waals surface area contributed by atoms with Gasteiger partial charge in [-0.05, 0) is 18.7 Å². The average molecular weight is 289 g/mol. The maximum Gasteiger partial charge on any atom is 0.244 e. The fourth-order valence-electron chi connectivity index (χ4n) is 1.39. The number of nitrogens with one attached hydrogen (secondary N) is 2. The number of pyridine rings is 1. The van der Waals surface area contributed by atoms with Crippen LogP contribution in [0.15, 0.2) is 23.4 Å². The largest absolute Gasteiger partial charge is 0.387 e. The van der Waals surface area contributed by atoms with Gasteiger partial charge in [-0.1, -0.05) is 6.92 Å². The normalized spacial score (nSPS) is 13.3. The zero-order chi connectivity index (χ0) is 13.6. The predicted molar refractivity (Wildman–Crippen MR) is 76.6 cm³/mol. The van der Waals surface area contributed by atoms with Gasteiger partial charge in [0.25, 0.3) is 0 Å². The van der Waals surface area contributed by atoms with Gasteiger partial charge in [0.2, 0.25) is 10.0 Å². The summed E-state index contributed by atoms with van der Waals surface area (Å²) in [5, 5.41) is 3.28. The number of aromatic nitrogens is 1. The van der Waals surface area contributed by atoms with Crippen molar-refractivity contribution < 1.29 is 8.42 Å². The molecule has 0 spiro atoms. The highest BCUT2D eigenvalue weighted by Gasteiger charge is 2.17. The summed E-state index contributed by atoms with van der Waals surface area (Å²) in [6, 6.07) is 1.64. The van der Waals surface area contributed by atoms with Gasteiger partial charge in [0.15, 0.2) is 0 Å². The maximum atomic E-state index is 12.1. The molecule has 0 aliphatic carbocycles. The van der Waals surface area contributed by atoms with Crippen LogP contribution in [-0.4, -0.2) is 38.5 Å². The lowest BCUT2D eigenvalue weighted by Crippen LogP contribution is -2.27. The first kappa shape index (κ1) is 15.3. The molecule has 0 fully saturated rings. The molecule has 1 aromatic heterocycles. The van der Waals surface area contributed by atoms with Gasteiger partial charge in [0.1, 0.15) is 4.90 Å². The van der Waals surface area contributed by atoms with Crippen LogP contribution in [0.5, 0.6) is 0 Å². The van der Waals surface area contributed by atoms with Crippen LogP contribution in [0, 0.1) is 0 Å². The van der Waals surface area contributed by atoms with E-state index in [1.807, 2.05) is 6.26 Å². The first-order chi connectivity index (χ1) is 8.51. The minimum atomic E-state index is -3.49. The fraction of sp³-hybridized carbons (Fsp3) is 0.545. The molecule has 1 unspecified atom stereocenters. The molecule has 5 nitrogen and oxygen atoms in total. The molecular weight excluding hydrogens is 270 g/mol. The second-order valence-electron chi connectivity index (χ2n) is 3.85. The summed E-state index contributed by atoms with van der Waals surface area (Å²) in [4.78, 5) is 4.04. The van der Waals surface area contributed by atoms with E-state index in [2.05, 4.69) is 21.9 Å². The van der Waals surface area contributed by atoms with Crippen molar-refractivity contribution in [1.82, 2.24) is 9.71 Å². The van der Waals surface area contributed by atoms with Crippen LogP contribution < -0.4 is 10.0 Å². The number of anilines is 1. The van der Waals surface area contributed by atoms with E-state index in [9.17, 15) is 8.42 Å². The molecular formula is C11H19N3O2S2. The summed E-state index contributed by atoms with van der Waals surface area (Å²) in [6.45, 7) is 2.50. The molecule has 102 valence electrons. The minimum Gasteiger partial charge on any atom is -0.387 e. The van der Waals surface area contributed by atoms with Crippen molar-refractivity contribution in [3.8, 4) is 0 Å². The molecule has 0 aliphatic heterocycles. The highest BCUT2D eigenvalue weighted by Crippen LogP contribution is 2.18. The summed E-state index contributed by atoms with van der Waals surface area (Å²) in [5.74, 6) is 0. The number of sulfonamides is 1. The SMILES string of the molecule is CNc1ccncc1S(=O)(=O)NCCC(C)SC. The second kappa shape index (κ2) is 6.96. The van der Waals surface area contributed by atoms with Gasteiger partial charge < -0.3 is 5.32 Å². The Morgan fingerprint density at radius 1 is 1.50 bits per heavy atom. The molecule has 0 aliphatic rings. The summed E-state index contributed by atoms with van der Waals surface area (Å²) < 4.78 is 26.8. The zero-order valence-electron chi connectivity index (χ0n) is 10.8. The van der Waals surface area contributed by atoms with Gasteiger partial charge in [0, 0.05) is 31.2 Å². The van der Waals surface area contributed by atoms with E-state index in [4.69, 9.17) is 0 Å². The number of thioether (sulfide) groups is 1. The molecule has 1 aromatic rings. The minimum absolute atomic E-state index is 0.185.